The van der Waals surface area contributed by atoms with Gasteiger partial charge in [-0.15, -0.1) is 11.3 Å². The molecule has 176 valence electrons. The van der Waals surface area contributed by atoms with E-state index < -0.39 is 5.91 Å². The lowest BCUT2D eigenvalue weighted by Crippen LogP contribution is -2.42. The Labute approximate surface area is 201 Å². The van der Waals surface area contributed by atoms with Crippen molar-refractivity contribution in [3.63, 3.8) is 0 Å². The number of rotatable bonds is 6. The highest BCUT2D eigenvalue weighted by molar-refractivity contribution is 7.09. The average molecular weight is 481 g/mol. The van der Waals surface area contributed by atoms with Gasteiger partial charge in [-0.2, -0.15) is 0 Å². The van der Waals surface area contributed by atoms with Crippen LogP contribution in [0.3, 0.4) is 0 Å². The van der Waals surface area contributed by atoms with E-state index in [4.69, 9.17) is 0 Å². The van der Waals surface area contributed by atoms with E-state index in [1.165, 1.54) is 23.5 Å². The number of thiazole rings is 1. The predicted molar refractivity (Wildman–Crippen MR) is 127 cm³/mol. The summed E-state index contributed by atoms with van der Waals surface area (Å²) >= 11 is 1.41. The first-order chi connectivity index (χ1) is 16.5. The SMILES string of the molecule is O=C(Cc1ccccc1)NNC(=O)c1csc(C2CCN(C(=O)Cc3ccc(F)cc3)CC2)n1. The second-order valence-electron chi connectivity index (χ2n) is 8.19. The highest BCUT2D eigenvalue weighted by Crippen LogP contribution is 2.30. The van der Waals surface area contributed by atoms with Crippen molar-refractivity contribution in [2.24, 2.45) is 0 Å². The lowest BCUT2D eigenvalue weighted by atomic mass is 9.97. The van der Waals surface area contributed by atoms with E-state index in [1.807, 2.05) is 35.2 Å². The summed E-state index contributed by atoms with van der Waals surface area (Å²) in [6, 6.07) is 15.2. The van der Waals surface area contributed by atoms with E-state index in [0.29, 0.717) is 13.1 Å². The smallest absolute Gasteiger partial charge is 0.289 e. The number of piperidine rings is 1. The molecular weight excluding hydrogens is 455 g/mol. The molecule has 34 heavy (non-hydrogen) atoms. The Bertz CT molecular complexity index is 1140. The average Bonchev–Trinajstić information content (AvgIpc) is 3.35. The van der Waals surface area contributed by atoms with Crippen LogP contribution in [0.5, 0.6) is 0 Å². The molecule has 0 saturated carbocycles. The second-order valence-corrected chi connectivity index (χ2v) is 9.08. The van der Waals surface area contributed by atoms with Gasteiger partial charge in [-0.3, -0.25) is 25.2 Å². The molecule has 1 aliphatic rings. The number of aromatic nitrogens is 1. The van der Waals surface area contributed by atoms with E-state index in [1.54, 1.807) is 17.5 Å². The molecule has 4 rings (SSSR count). The van der Waals surface area contributed by atoms with E-state index >= 15 is 0 Å². The fourth-order valence-corrected chi connectivity index (χ4v) is 4.83. The maximum atomic E-state index is 13.0. The van der Waals surface area contributed by atoms with Crippen molar-refractivity contribution in [2.75, 3.05) is 13.1 Å². The van der Waals surface area contributed by atoms with Crippen molar-refractivity contribution in [1.29, 1.82) is 0 Å². The monoisotopic (exact) mass is 480 g/mol. The van der Waals surface area contributed by atoms with Crippen LogP contribution in [-0.2, 0) is 22.4 Å². The molecule has 1 saturated heterocycles. The highest BCUT2D eigenvalue weighted by Gasteiger charge is 2.26. The van der Waals surface area contributed by atoms with Gasteiger partial charge >= 0.3 is 0 Å². The number of hydrogen-bond donors (Lipinski definition) is 2. The fourth-order valence-electron chi connectivity index (χ4n) is 3.86. The summed E-state index contributed by atoms with van der Waals surface area (Å²) in [5, 5.41) is 2.53. The van der Waals surface area contributed by atoms with Gasteiger partial charge < -0.3 is 4.90 Å². The zero-order valence-corrected chi connectivity index (χ0v) is 19.3. The lowest BCUT2D eigenvalue weighted by Gasteiger charge is -2.31. The van der Waals surface area contributed by atoms with Crippen LogP contribution >= 0.6 is 11.3 Å². The van der Waals surface area contributed by atoms with E-state index in [0.717, 1.165) is 29.0 Å². The van der Waals surface area contributed by atoms with E-state index in [2.05, 4.69) is 15.8 Å². The summed E-state index contributed by atoms with van der Waals surface area (Å²) < 4.78 is 13.0. The lowest BCUT2D eigenvalue weighted by molar-refractivity contribution is -0.131. The fraction of sp³-hybridized carbons (Fsp3) is 0.280. The number of nitrogens with one attached hydrogen (secondary N) is 2. The number of carbonyl (C=O) groups excluding carboxylic acids is 3. The number of benzene rings is 2. The van der Waals surface area contributed by atoms with Crippen LogP contribution in [0.25, 0.3) is 0 Å². The van der Waals surface area contributed by atoms with Crippen LogP contribution in [0.2, 0.25) is 0 Å². The molecule has 2 N–H and O–H groups in total. The predicted octanol–water partition coefficient (Wildman–Crippen LogP) is 3.23. The largest absolute Gasteiger partial charge is 0.342 e. The molecule has 3 amide bonds. The van der Waals surface area contributed by atoms with Crippen LogP contribution in [-0.4, -0.2) is 40.7 Å². The first-order valence-electron chi connectivity index (χ1n) is 11.1. The Kier molecular flexibility index (Phi) is 7.64. The number of likely N-dealkylation sites (tertiary alicyclic amines) is 1. The third-order valence-corrected chi connectivity index (χ3v) is 6.75. The quantitative estimate of drug-likeness (QED) is 0.530. The zero-order chi connectivity index (χ0) is 23.9. The van der Waals surface area contributed by atoms with Gasteiger partial charge in [0, 0.05) is 24.4 Å². The van der Waals surface area contributed by atoms with Crippen molar-refractivity contribution in [2.45, 2.75) is 31.6 Å². The van der Waals surface area contributed by atoms with Gasteiger partial charge in [-0.05, 0) is 36.1 Å². The topological polar surface area (TPSA) is 91.4 Å². The van der Waals surface area contributed by atoms with Crippen LogP contribution in [0, 0.1) is 5.82 Å². The van der Waals surface area contributed by atoms with Gasteiger partial charge in [0.15, 0.2) is 0 Å². The Balaban J connectivity index is 1.23. The normalized spacial score (nSPS) is 14.0. The van der Waals surface area contributed by atoms with Gasteiger partial charge in [-0.1, -0.05) is 42.5 Å². The van der Waals surface area contributed by atoms with Crippen molar-refractivity contribution < 1.29 is 18.8 Å². The van der Waals surface area contributed by atoms with Gasteiger partial charge in [0.25, 0.3) is 5.91 Å². The molecular formula is C25H25FN4O3S. The second kappa shape index (κ2) is 11.0. The third kappa shape index (κ3) is 6.26. The van der Waals surface area contributed by atoms with Gasteiger partial charge in [0.1, 0.15) is 11.5 Å². The van der Waals surface area contributed by atoms with Crippen LogP contribution in [0.15, 0.2) is 60.0 Å². The number of hydrogen-bond acceptors (Lipinski definition) is 5. The maximum absolute atomic E-state index is 13.0. The van der Waals surface area contributed by atoms with Gasteiger partial charge in [0.05, 0.1) is 17.8 Å². The van der Waals surface area contributed by atoms with Gasteiger partial charge in [-0.25, -0.2) is 9.37 Å². The maximum Gasteiger partial charge on any atom is 0.289 e. The summed E-state index contributed by atoms with van der Waals surface area (Å²) in [6.45, 7) is 1.22. The number of nitrogens with zero attached hydrogens (tertiary/aromatic N) is 2. The first kappa shape index (κ1) is 23.6. The molecule has 1 fully saturated rings. The molecule has 0 spiro atoms. The third-order valence-electron chi connectivity index (χ3n) is 5.74. The standard InChI is InChI=1S/C25H25FN4O3S/c26-20-8-6-18(7-9-20)15-23(32)30-12-10-19(11-13-30)25-27-21(16-34-25)24(33)29-28-22(31)14-17-4-2-1-3-5-17/h1-9,16,19H,10-15H2,(H,28,31)(H,29,33). The number of amides is 3. The minimum atomic E-state index is -0.462. The Morgan fingerprint density at radius 3 is 2.32 bits per heavy atom. The Hall–Kier alpha value is -3.59. The minimum Gasteiger partial charge on any atom is -0.342 e. The molecule has 0 bridgehead atoms. The molecule has 2 heterocycles. The molecule has 3 aromatic rings. The van der Waals surface area contributed by atoms with E-state index in [9.17, 15) is 18.8 Å². The van der Waals surface area contributed by atoms with E-state index in [-0.39, 0.29) is 42.1 Å². The summed E-state index contributed by atoms with van der Waals surface area (Å²) in [6.07, 6.45) is 1.94. The molecule has 0 radical (unpaired) electrons. The van der Waals surface area contributed by atoms with Crippen LogP contribution in [0.4, 0.5) is 4.39 Å². The summed E-state index contributed by atoms with van der Waals surface area (Å²) in [5.74, 6) is -0.892. The van der Waals surface area contributed by atoms with Crippen molar-refractivity contribution in [3.8, 4) is 0 Å². The van der Waals surface area contributed by atoms with Crippen LogP contribution < -0.4 is 10.9 Å². The molecule has 0 aliphatic carbocycles. The Morgan fingerprint density at radius 2 is 1.62 bits per heavy atom. The zero-order valence-electron chi connectivity index (χ0n) is 18.5. The first-order valence-corrected chi connectivity index (χ1v) is 12.0. The highest BCUT2D eigenvalue weighted by atomic mass is 32.1. The number of carbonyl (C=O) groups is 3. The summed E-state index contributed by atoms with van der Waals surface area (Å²) in [7, 11) is 0. The minimum absolute atomic E-state index is 0.0236. The molecule has 2 aromatic carbocycles. The molecule has 0 unspecified atom stereocenters. The van der Waals surface area contributed by atoms with Crippen molar-refractivity contribution >= 4 is 29.1 Å². The number of halogens is 1. The van der Waals surface area contributed by atoms with Crippen molar-refractivity contribution in [3.05, 3.63) is 87.6 Å². The van der Waals surface area contributed by atoms with Crippen LogP contribution in [0.1, 0.15) is 45.4 Å². The molecule has 7 nitrogen and oxygen atoms in total. The van der Waals surface area contributed by atoms with Gasteiger partial charge in [0.2, 0.25) is 11.8 Å². The molecule has 0 atom stereocenters. The summed E-state index contributed by atoms with van der Waals surface area (Å²) in [5.41, 5.74) is 6.74. The molecule has 1 aliphatic heterocycles. The summed E-state index contributed by atoms with van der Waals surface area (Å²) in [4.78, 5) is 43.2. The van der Waals surface area contributed by atoms with Crippen molar-refractivity contribution in [1.82, 2.24) is 20.7 Å². The molecule has 9 heteroatoms. The molecule has 1 aromatic heterocycles. The Morgan fingerprint density at radius 1 is 0.941 bits per heavy atom. The number of hydrazine groups is 1.